The Balaban J connectivity index is 2.37. The highest BCUT2D eigenvalue weighted by Crippen LogP contribution is 2.12. The van der Waals surface area contributed by atoms with Gasteiger partial charge in [0.2, 0.25) is 5.09 Å². The van der Waals surface area contributed by atoms with Gasteiger partial charge in [-0.05, 0) is 25.5 Å². The smallest absolute Gasteiger partial charge is 0.271 e. The fourth-order valence-corrected chi connectivity index (χ4v) is 2.16. The summed E-state index contributed by atoms with van der Waals surface area (Å²) in [7, 11) is -3.73. The van der Waals surface area contributed by atoms with E-state index in [1.165, 1.54) is 25.3 Å². The van der Waals surface area contributed by atoms with Crippen molar-refractivity contribution < 1.29 is 12.8 Å². The minimum Gasteiger partial charge on any atom is -0.447 e. The van der Waals surface area contributed by atoms with E-state index in [2.05, 4.69) is 19.2 Å². The van der Waals surface area contributed by atoms with Crippen LogP contribution >= 0.6 is 0 Å². The van der Waals surface area contributed by atoms with E-state index in [1.807, 2.05) is 0 Å². The molecule has 1 heterocycles. The summed E-state index contributed by atoms with van der Waals surface area (Å²) in [5.41, 5.74) is 0. The molecule has 1 rings (SSSR count). The van der Waals surface area contributed by atoms with Gasteiger partial charge in [-0.15, -0.1) is 0 Å². The van der Waals surface area contributed by atoms with Gasteiger partial charge in [0.15, 0.2) is 0 Å². The van der Waals surface area contributed by atoms with E-state index in [0.29, 0.717) is 18.3 Å². The number of sulfonamides is 1. The van der Waals surface area contributed by atoms with Gasteiger partial charge in [0.25, 0.3) is 10.0 Å². The summed E-state index contributed by atoms with van der Waals surface area (Å²) in [5, 5.41) is 8.08. The molecule has 0 radical (unpaired) electrons. The number of hydrogen-bond donors (Lipinski definition) is 2. The lowest BCUT2D eigenvalue weighted by atomic mass is 10.1. The average molecular weight is 274 g/mol. The van der Waals surface area contributed by atoms with E-state index in [9.17, 15) is 8.42 Å². The van der Waals surface area contributed by atoms with Crippen molar-refractivity contribution in [2.75, 3.05) is 0 Å². The first-order valence-electron chi connectivity index (χ1n) is 6.28. The van der Waals surface area contributed by atoms with Crippen molar-refractivity contribution in [2.24, 2.45) is 5.14 Å². The van der Waals surface area contributed by atoms with Gasteiger partial charge in [-0.2, -0.15) is 0 Å². The zero-order valence-corrected chi connectivity index (χ0v) is 11.8. The molecule has 0 spiro atoms. The van der Waals surface area contributed by atoms with Crippen molar-refractivity contribution in [3.8, 4) is 0 Å². The van der Waals surface area contributed by atoms with E-state index in [-0.39, 0.29) is 5.09 Å². The molecule has 0 aliphatic rings. The molecule has 0 bridgehead atoms. The molecule has 1 atom stereocenters. The predicted octanol–water partition coefficient (Wildman–Crippen LogP) is 1.99. The second-order valence-electron chi connectivity index (χ2n) is 4.54. The van der Waals surface area contributed by atoms with E-state index in [1.54, 1.807) is 6.07 Å². The molecule has 1 unspecified atom stereocenters. The summed E-state index contributed by atoms with van der Waals surface area (Å²) < 4.78 is 27.2. The number of primary sulfonamides is 1. The van der Waals surface area contributed by atoms with Crippen LogP contribution in [0.3, 0.4) is 0 Å². The fourth-order valence-electron chi connectivity index (χ4n) is 1.68. The summed E-state index contributed by atoms with van der Waals surface area (Å²) >= 11 is 0. The van der Waals surface area contributed by atoms with Crippen molar-refractivity contribution in [1.82, 2.24) is 5.32 Å². The minimum atomic E-state index is -3.73. The molecule has 0 aliphatic heterocycles. The summed E-state index contributed by atoms with van der Waals surface area (Å²) in [6.07, 6.45) is 4.76. The second-order valence-corrected chi connectivity index (χ2v) is 6.04. The molecule has 18 heavy (non-hydrogen) atoms. The lowest BCUT2D eigenvalue weighted by Crippen LogP contribution is -2.25. The Bertz CT molecular complexity index is 454. The van der Waals surface area contributed by atoms with E-state index < -0.39 is 10.0 Å². The first kappa shape index (κ1) is 15.2. The molecule has 1 aromatic rings. The molecule has 0 aliphatic carbocycles. The largest absolute Gasteiger partial charge is 0.447 e. The third kappa shape index (κ3) is 5.20. The lowest BCUT2D eigenvalue weighted by molar-refractivity contribution is 0.385. The molecule has 0 saturated heterocycles. The van der Waals surface area contributed by atoms with Crippen molar-refractivity contribution in [1.29, 1.82) is 0 Å². The Morgan fingerprint density at radius 1 is 1.39 bits per heavy atom. The Morgan fingerprint density at radius 2 is 2.11 bits per heavy atom. The molecular formula is C12H22N2O3S. The van der Waals surface area contributed by atoms with Gasteiger partial charge in [0.1, 0.15) is 5.76 Å². The molecule has 1 aromatic heterocycles. The normalized spacial score (nSPS) is 13.7. The lowest BCUT2D eigenvalue weighted by Gasteiger charge is -2.12. The zero-order valence-electron chi connectivity index (χ0n) is 11.0. The van der Waals surface area contributed by atoms with Crippen LogP contribution in [0.15, 0.2) is 21.6 Å². The molecule has 0 amide bonds. The summed E-state index contributed by atoms with van der Waals surface area (Å²) in [6, 6.07) is 3.40. The van der Waals surface area contributed by atoms with Crippen LogP contribution in [-0.4, -0.2) is 14.5 Å². The molecule has 0 aromatic carbocycles. The van der Waals surface area contributed by atoms with Crippen LogP contribution in [0, 0.1) is 0 Å². The third-order valence-corrected chi connectivity index (χ3v) is 3.56. The fraction of sp³-hybridized carbons (Fsp3) is 0.667. The predicted molar refractivity (Wildman–Crippen MR) is 70.5 cm³/mol. The first-order chi connectivity index (χ1) is 8.43. The number of hydrogen-bond acceptors (Lipinski definition) is 4. The molecule has 0 fully saturated rings. The zero-order chi connectivity index (χ0) is 13.6. The van der Waals surface area contributed by atoms with E-state index in [4.69, 9.17) is 9.56 Å². The maximum atomic E-state index is 11.0. The van der Waals surface area contributed by atoms with Gasteiger partial charge in [-0.25, -0.2) is 13.6 Å². The van der Waals surface area contributed by atoms with Crippen molar-refractivity contribution in [3.05, 3.63) is 17.9 Å². The van der Waals surface area contributed by atoms with Gasteiger partial charge >= 0.3 is 0 Å². The molecule has 6 heteroatoms. The number of unbranched alkanes of at least 4 members (excludes halogenated alkanes) is 2. The molecule has 104 valence electrons. The van der Waals surface area contributed by atoms with Gasteiger partial charge in [-0.1, -0.05) is 26.2 Å². The summed E-state index contributed by atoms with van der Waals surface area (Å²) in [6.45, 7) is 4.80. The average Bonchev–Trinajstić information content (AvgIpc) is 2.75. The Morgan fingerprint density at radius 3 is 2.67 bits per heavy atom. The van der Waals surface area contributed by atoms with Crippen LogP contribution in [0.25, 0.3) is 0 Å². The second kappa shape index (κ2) is 6.92. The number of nitrogens with one attached hydrogen (secondary N) is 1. The van der Waals surface area contributed by atoms with Gasteiger partial charge in [0, 0.05) is 6.04 Å². The van der Waals surface area contributed by atoms with E-state index >= 15 is 0 Å². The van der Waals surface area contributed by atoms with Crippen LogP contribution in [-0.2, 0) is 16.6 Å². The van der Waals surface area contributed by atoms with Crippen LogP contribution in [0.2, 0.25) is 0 Å². The van der Waals surface area contributed by atoms with Crippen molar-refractivity contribution >= 4 is 10.0 Å². The summed E-state index contributed by atoms with van der Waals surface area (Å²) in [5.74, 6) is 0.585. The Labute approximate surface area is 109 Å². The minimum absolute atomic E-state index is 0.182. The third-order valence-electron chi connectivity index (χ3n) is 2.78. The van der Waals surface area contributed by atoms with Gasteiger partial charge < -0.3 is 9.73 Å². The highest BCUT2D eigenvalue weighted by atomic mass is 32.2. The monoisotopic (exact) mass is 274 g/mol. The van der Waals surface area contributed by atoms with Crippen LogP contribution in [0.5, 0.6) is 0 Å². The number of furan rings is 1. The SMILES string of the molecule is CCCCCC(C)NCc1ccc(S(N)(=O)=O)o1. The van der Waals surface area contributed by atoms with E-state index in [0.717, 1.165) is 6.42 Å². The Hall–Kier alpha value is -0.850. The molecule has 5 nitrogen and oxygen atoms in total. The standard InChI is InChI=1S/C12H22N2O3S/c1-3-4-5-6-10(2)14-9-11-7-8-12(17-11)18(13,15)16/h7-8,10,14H,3-6,9H2,1-2H3,(H2,13,15,16). The highest BCUT2D eigenvalue weighted by Gasteiger charge is 2.13. The van der Waals surface area contributed by atoms with Crippen LogP contribution < -0.4 is 10.5 Å². The summed E-state index contributed by atoms with van der Waals surface area (Å²) in [4.78, 5) is 0. The molecule has 3 N–H and O–H groups in total. The quantitative estimate of drug-likeness (QED) is 0.710. The Kier molecular flexibility index (Phi) is 5.84. The van der Waals surface area contributed by atoms with Crippen LogP contribution in [0.4, 0.5) is 0 Å². The number of rotatable bonds is 8. The maximum absolute atomic E-state index is 11.0. The first-order valence-corrected chi connectivity index (χ1v) is 7.83. The maximum Gasteiger partial charge on any atom is 0.271 e. The van der Waals surface area contributed by atoms with Crippen molar-refractivity contribution in [3.63, 3.8) is 0 Å². The van der Waals surface area contributed by atoms with Crippen LogP contribution in [0.1, 0.15) is 45.3 Å². The van der Waals surface area contributed by atoms with Gasteiger partial charge in [-0.3, -0.25) is 0 Å². The topological polar surface area (TPSA) is 85.3 Å². The molecule has 0 saturated carbocycles. The molecular weight excluding hydrogens is 252 g/mol. The highest BCUT2D eigenvalue weighted by molar-refractivity contribution is 7.89. The van der Waals surface area contributed by atoms with Gasteiger partial charge in [0.05, 0.1) is 6.54 Å². The van der Waals surface area contributed by atoms with Crippen molar-refractivity contribution in [2.45, 2.75) is 57.2 Å². The number of nitrogens with two attached hydrogens (primary N) is 1.